The number of benzene rings is 2. The fourth-order valence-corrected chi connectivity index (χ4v) is 6.71. The molecule has 6 rings (SSSR count). The van der Waals surface area contributed by atoms with Gasteiger partial charge in [-0.3, -0.25) is 9.59 Å². The molecule has 16 heteroatoms. The predicted molar refractivity (Wildman–Crippen MR) is 180 cm³/mol. The molecule has 2 aliphatic rings. The molecule has 51 heavy (non-hydrogen) atoms. The highest BCUT2D eigenvalue weighted by atomic mass is 16.5. The van der Waals surface area contributed by atoms with Gasteiger partial charge in [-0.2, -0.15) is 0 Å². The highest BCUT2D eigenvalue weighted by Gasteiger charge is 2.39. The van der Waals surface area contributed by atoms with Crippen molar-refractivity contribution >= 4 is 30.0 Å². The Morgan fingerprint density at radius 1 is 0.765 bits per heavy atom. The van der Waals surface area contributed by atoms with Crippen LogP contribution in [0.4, 0.5) is 9.59 Å². The first-order valence-corrected chi connectivity index (χ1v) is 16.5. The number of alkyl carbamates (subject to hydrolysis) is 2. The molecule has 2 aromatic carbocycles. The summed E-state index contributed by atoms with van der Waals surface area (Å²) in [7, 11) is 2.44. The highest BCUT2D eigenvalue weighted by Crippen LogP contribution is 2.37. The second-order valence-electron chi connectivity index (χ2n) is 12.2. The third kappa shape index (κ3) is 7.25. The molecule has 0 aliphatic carbocycles. The number of aromatic amines is 2. The van der Waals surface area contributed by atoms with Crippen LogP contribution in [0.15, 0.2) is 66.9 Å². The van der Waals surface area contributed by atoms with Gasteiger partial charge in [0.15, 0.2) is 5.69 Å². The smallest absolute Gasteiger partial charge is 0.407 e. The van der Waals surface area contributed by atoms with Gasteiger partial charge in [-0.25, -0.2) is 24.4 Å². The Hall–Kier alpha value is -6.19. The van der Waals surface area contributed by atoms with Crippen molar-refractivity contribution in [3.8, 4) is 11.4 Å². The first kappa shape index (κ1) is 34.7. The van der Waals surface area contributed by atoms with Crippen molar-refractivity contribution in [1.82, 2.24) is 40.4 Å². The number of methoxy groups -OCH3 is 2. The van der Waals surface area contributed by atoms with Crippen LogP contribution in [0.25, 0.3) is 11.4 Å². The maximum atomic E-state index is 13.9. The fraction of sp³-hybridized carbons (Fsp3) is 0.343. The first-order chi connectivity index (χ1) is 24.7. The van der Waals surface area contributed by atoms with Gasteiger partial charge in [0.1, 0.15) is 29.4 Å². The molecule has 0 radical (unpaired) electrons. The molecule has 4 amide bonds. The fourth-order valence-electron chi connectivity index (χ4n) is 6.71. The van der Waals surface area contributed by atoms with Gasteiger partial charge in [-0.1, -0.05) is 60.7 Å². The number of imidazole rings is 2. The largest absolute Gasteiger partial charge is 0.477 e. The molecule has 16 nitrogen and oxygen atoms in total. The maximum absolute atomic E-state index is 13.9. The van der Waals surface area contributed by atoms with Crippen molar-refractivity contribution in [2.24, 2.45) is 0 Å². The van der Waals surface area contributed by atoms with Crippen LogP contribution in [0.3, 0.4) is 0 Å². The Morgan fingerprint density at radius 3 is 1.73 bits per heavy atom. The molecule has 0 saturated carbocycles. The molecule has 0 unspecified atom stereocenters. The average Bonchev–Trinajstić information content (AvgIpc) is 3.98. The van der Waals surface area contributed by atoms with E-state index >= 15 is 0 Å². The molecular weight excluding hydrogens is 660 g/mol. The summed E-state index contributed by atoms with van der Waals surface area (Å²) in [5, 5.41) is 15.4. The molecule has 2 saturated heterocycles. The van der Waals surface area contributed by atoms with Crippen LogP contribution >= 0.6 is 0 Å². The maximum Gasteiger partial charge on any atom is 0.407 e. The third-order valence-corrected chi connectivity index (χ3v) is 9.14. The number of amides is 4. The molecular formula is C35H38N8O8. The summed E-state index contributed by atoms with van der Waals surface area (Å²) in [4.78, 5) is 83.3. The molecule has 4 aromatic rings. The van der Waals surface area contributed by atoms with E-state index in [0.29, 0.717) is 61.4 Å². The quantitative estimate of drug-likeness (QED) is 0.161. The SMILES string of the molecule is COC(=O)N[C@@H](C(=O)N1CCC[C@H]1c1ncc(-c2nc([C@@H]3CCCN3C(=O)[C@H](NC(=O)OC)c3ccccc3)[nH]c2C(=O)O)[nH]1)c1ccccc1. The van der Waals surface area contributed by atoms with Crippen LogP contribution in [-0.2, 0) is 19.1 Å². The lowest BCUT2D eigenvalue weighted by molar-refractivity contribution is -0.135. The zero-order valence-corrected chi connectivity index (χ0v) is 28.0. The third-order valence-electron chi connectivity index (χ3n) is 9.14. The Balaban J connectivity index is 1.26. The van der Waals surface area contributed by atoms with E-state index in [9.17, 15) is 29.1 Å². The Morgan fingerprint density at radius 2 is 1.25 bits per heavy atom. The summed E-state index contributed by atoms with van der Waals surface area (Å²) >= 11 is 0. The van der Waals surface area contributed by atoms with Crippen molar-refractivity contribution in [2.45, 2.75) is 49.9 Å². The number of H-pyrrole nitrogens is 2. The van der Waals surface area contributed by atoms with Crippen molar-refractivity contribution < 1.29 is 38.6 Å². The second kappa shape index (κ2) is 15.1. The minimum absolute atomic E-state index is 0.0910. The van der Waals surface area contributed by atoms with E-state index in [2.05, 4.69) is 30.6 Å². The van der Waals surface area contributed by atoms with Gasteiger partial charge in [0, 0.05) is 13.1 Å². The van der Waals surface area contributed by atoms with Gasteiger partial charge in [0.2, 0.25) is 0 Å². The number of aromatic carboxylic acids is 1. The van der Waals surface area contributed by atoms with Crippen molar-refractivity contribution in [1.29, 1.82) is 0 Å². The Bertz CT molecular complexity index is 1900. The van der Waals surface area contributed by atoms with Crippen molar-refractivity contribution in [3.05, 3.63) is 95.3 Å². The number of carbonyl (C=O) groups is 5. The first-order valence-electron chi connectivity index (χ1n) is 16.5. The van der Waals surface area contributed by atoms with E-state index in [1.54, 1.807) is 64.4 Å². The monoisotopic (exact) mass is 698 g/mol. The number of hydrogen-bond donors (Lipinski definition) is 5. The standard InChI is InChI=1S/C35H38N8O8/c1-50-34(48)40-25(20-11-5-3-6-12-20)31(44)42-17-9-15-23(42)29-36-19-22(37-29)27-28(33(46)47)39-30(38-27)24-16-10-18-43(24)32(45)26(41-35(49)51-2)21-13-7-4-8-14-21/h3-8,11-14,19,23-26H,9-10,15-18H2,1-2H3,(H,36,37)(H,38,39)(H,40,48)(H,41,49)(H,46,47)/t23-,24-,25+,26+/m0/s1. The molecule has 2 fully saturated rings. The Kier molecular flexibility index (Phi) is 10.3. The summed E-state index contributed by atoms with van der Waals surface area (Å²) in [5.74, 6) is -1.30. The minimum atomic E-state index is -1.26. The molecule has 2 aromatic heterocycles. The average molecular weight is 699 g/mol. The number of carbonyl (C=O) groups excluding carboxylic acids is 4. The van der Waals surface area contributed by atoms with Gasteiger partial charge in [0.05, 0.1) is 38.2 Å². The van der Waals surface area contributed by atoms with Crippen LogP contribution < -0.4 is 10.6 Å². The topological polar surface area (TPSA) is 212 Å². The lowest BCUT2D eigenvalue weighted by atomic mass is 10.1. The van der Waals surface area contributed by atoms with Crippen LogP contribution in [-0.4, -0.2) is 92.1 Å². The number of carboxylic acids is 1. The van der Waals surface area contributed by atoms with Crippen LogP contribution in [0.2, 0.25) is 0 Å². The summed E-state index contributed by atoms with van der Waals surface area (Å²) in [6.45, 7) is 0.779. The summed E-state index contributed by atoms with van der Waals surface area (Å²) in [5.41, 5.74) is 1.35. The van der Waals surface area contributed by atoms with Crippen molar-refractivity contribution in [3.63, 3.8) is 0 Å². The number of carboxylic acid groups (broad SMARTS) is 1. The van der Waals surface area contributed by atoms with E-state index in [1.165, 1.54) is 20.4 Å². The number of nitrogens with one attached hydrogen (secondary N) is 4. The summed E-state index contributed by atoms with van der Waals surface area (Å²) in [6.07, 6.45) is 2.34. The number of aromatic nitrogens is 4. The zero-order chi connectivity index (χ0) is 36.1. The molecule has 4 atom stereocenters. The van der Waals surface area contributed by atoms with E-state index in [-0.39, 0.29) is 23.1 Å². The molecule has 5 N–H and O–H groups in total. The van der Waals surface area contributed by atoms with E-state index < -0.39 is 48.2 Å². The second-order valence-corrected chi connectivity index (χ2v) is 12.2. The van der Waals surface area contributed by atoms with Gasteiger partial charge in [-0.15, -0.1) is 0 Å². The number of nitrogens with zero attached hydrogens (tertiary/aromatic N) is 4. The lowest BCUT2D eigenvalue weighted by Gasteiger charge is -2.28. The van der Waals surface area contributed by atoms with Crippen LogP contribution in [0.5, 0.6) is 0 Å². The number of hydrogen-bond acceptors (Lipinski definition) is 9. The molecule has 266 valence electrons. The zero-order valence-electron chi connectivity index (χ0n) is 28.0. The summed E-state index contributed by atoms with van der Waals surface area (Å²) in [6, 6.07) is 14.5. The van der Waals surface area contributed by atoms with Gasteiger partial charge >= 0.3 is 18.2 Å². The highest BCUT2D eigenvalue weighted by molar-refractivity contribution is 5.93. The predicted octanol–water partition coefficient (Wildman–Crippen LogP) is 4.02. The van der Waals surface area contributed by atoms with Gasteiger partial charge in [-0.05, 0) is 36.8 Å². The van der Waals surface area contributed by atoms with Gasteiger partial charge in [0.25, 0.3) is 11.8 Å². The summed E-state index contributed by atoms with van der Waals surface area (Å²) < 4.78 is 9.55. The van der Waals surface area contributed by atoms with E-state index in [1.807, 2.05) is 6.07 Å². The normalized spacial score (nSPS) is 18.2. The molecule has 0 spiro atoms. The lowest BCUT2D eigenvalue weighted by Crippen LogP contribution is -2.42. The molecule has 2 aliphatic heterocycles. The van der Waals surface area contributed by atoms with E-state index in [4.69, 9.17) is 9.47 Å². The van der Waals surface area contributed by atoms with Gasteiger partial charge < -0.3 is 45.0 Å². The minimum Gasteiger partial charge on any atom is -0.477 e. The van der Waals surface area contributed by atoms with Crippen molar-refractivity contribution in [2.75, 3.05) is 27.3 Å². The molecule has 0 bridgehead atoms. The Labute approximate surface area is 292 Å². The number of ether oxygens (including phenoxy) is 2. The van der Waals surface area contributed by atoms with Crippen LogP contribution in [0.1, 0.15) is 83.1 Å². The number of likely N-dealkylation sites (tertiary alicyclic amines) is 2. The van der Waals surface area contributed by atoms with Crippen LogP contribution in [0, 0.1) is 0 Å². The molecule has 4 heterocycles. The number of rotatable bonds is 10. The van der Waals surface area contributed by atoms with E-state index in [0.717, 1.165) is 0 Å².